The van der Waals surface area contributed by atoms with Crippen molar-refractivity contribution in [3.05, 3.63) is 0 Å². The van der Waals surface area contributed by atoms with Gasteiger partial charge in [0.05, 0.1) is 12.0 Å². The van der Waals surface area contributed by atoms with Crippen LogP contribution in [0.25, 0.3) is 0 Å². The van der Waals surface area contributed by atoms with Crippen molar-refractivity contribution in [2.45, 2.75) is 71.3 Å². The summed E-state index contributed by atoms with van der Waals surface area (Å²) in [5, 5.41) is 0. The fourth-order valence-corrected chi connectivity index (χ4v) is 2.48. The lowest BCUT2D eigenvalue weighted by atomic mass is 9.85. The highest BCUT2D eigenvalue weighted by atomic mass is 16.5. The first kappa shape index (κ1) is 14.5. The number of carbonyl (C=O) groups excluding carboxylic acids is 1. The molecule has 1 aliphatic rings. The zero-order chi connectivity index (χ0) is 12.7. The van der Waals surface area contributed by atoms with Gasteiger partial charge in [0.1, 0.15) is 0 Å². The van der Waals surface area contributed by atoms with E-state index in [4.69, 9.17) is 10.5 Å². The fraction of sp³-hybridized carbons (Fsp3) is 0.929. The van der Waals surface area contributed by atoms with Crippen LogP contribution in [0.1, 0.15) is 65.2 Å². The maximum atomic E-state index is 12.0. The van der Waals surface area contributed by atoms with E-state index >= 15 is 0 Å². The second-order valence-electron chi connectivity index (χ2n) is 5.47. The number of ether oxygens (including phenoxy) is 1. The Balaban J connectivity index is 2.16. The average Bonchev–Trinajstić information content (AvgIpc) is 2.65. The summed E-state index contributed by atoms with van der Waals surface area (Å²) in [6.07, 6.45) is 8.77. The number of hydrogen-bond acceptors (Lipinski definition) is 3. The second kappa shape index (κ2) is 7.00. The molecule has 3 nitrogen and oxygen atoms in total. The Bertz CT molecular complexity index is 242. The van der Waals surface area contributed by atoms with E-state index in [1.165, 1.54) is 19.3 Å². The second-order valence-corrected chi connectivity index (χ2v) is 5.47. The SMILES string of the molecule is CCCCCCCOC(=O)C1(C)CCCC1N. The summed E-state index contributed by atoms with van der Waals surface area (Å²) in [4.78, 5) is 12.0. The smallest absolute Gasteiger partial charge is 0.313 e. The molecule has 100 valence electrons. The molecule has 0 aliphatic heterocycles. The summed E-state index contributed by atoms with van der Waals surface area (Å²) < 4.78 is 5.36. The summed E-state index contributed by atoms with van der Waals surface area (Å²) in [5.74, 6) is -0.0852. The fourth-order valence-electron chi connectivity index (χ4n) is 2.48. The predicted molar refractivity (Wildman–Crippen MR) is 69.7 cm³/mol. The highest BCUT2D eigenvalue weighted by Crippen LogP contribution is 2.37. The molecule has 3 heteroatoms. The molecule has 0 amide bonds. The molecular weight excluding hydrogens is 214 g/mol. The van der Waals surface area contributed by atoms with Crippen molar-refractivity contribution in [3.63, 3.8) is 0 Å². The zero-order valence-electron chi connectivity index (χ0n) is 11.3. The van der Waals surface area contributed by atoms with E-state index < -0.39 is 5.41 Å². The van der Waals surface area contributed by atoms with E-state index in [-0.39, 0.29) is 12.0 Å². The molecule has 0 heterocycles. The lowest BCUT2D eigenvalue weighted by Crippen LogP contribution is -2.42. The monoisotopic (exact) mass is 241 g/mol. The van der Waals surface area contributed by atoms with Gasteiger partial charge in [-0.25, -0.2) is 0 Å². The van der Waals surface area contributed by atoms with Crippen LogP contribution in [0, 0.1) is 5.41 Å². The van der Waals surface area contributed by atoms with Crippen LogP contribution in [0.3, 0.4) is 0 Å². The Labute approximate surface area is 105 Å². The van der Waals surface area contributed by atoms with E-state index in [2.05, 4.69) is 6.92 Å². The van der Waals surface area contributed by atoms with Crippen molar-refractivity contribution in [1.29, 1.82) is 0 Å². The molecule has 2 atom stereocenters. The molecule has 0 spiro atoms. The summed E-state index contributed by atoms with van der Waals surface area (Å²) in [5.41, 5.74) is 5.56. The summed E-state index contributed by atoms with van der Waals surface area (Å²) in [6, 6.07) is -0.0184. The minimum atomic E-state index is -0.427. The van der Waals surface area contributed by atoms with Gasteiger partial charge >= 0.3 is 5.97 Å². The van der Waals surface area contributed by atoms with Gasteiger partial charge in [-0.05, 0) is 26.2 Å². The molecule has 0 bridgehead atoms. The first-order valence-electron chi connectivity index (χ1n) is 7.04. The predicted octanol–water partition coefficient (Wildman–Crippen LogP) is 3.02. The van der Waals surface area contributed by atoms with Crippen LogP contribution in [0.5, 0.6) is 0 Å². The molecule has 2 unspecified atom stereocenters. The van der Waals surface area contributed by atoms with Gasteiger partial charge < -0.3 is 10.5 Å². The van der Waals surface area contributed by atoms with Crippen molar-refractivity contribution in [2.24, 2.45) is 11.1 Å². The van der Waals surface area contributed by atoms with Crippen LogP contribution < -0.4 is 5.73 Å². The Morgan fingerprint density at radius 2 is 2.06 bits per heavy atom. The number of unbranched alkanes of at least 4 members (excludes halogenated alkanes) is 4. The third-order valence-electron chi connectivity index (χ3n) is 3.98. The third kappa shape index (κ3) is 3.98. The molecule has 2 N–H and O–H groups in total. The van der Waals surface area contributed by atoms with Gasteiger partial charge in [-0.3, -0.25) is 4.79 Å². The average molecular weight is 241 g/mol. The van der Waals surface area contributed by atoms with E-state index in [0.29, 0.717) is 6.61 Å². The minimum Gasteiger partial charge on any atom is -0.465 e. The molecular formula is C14H27NO2. The van der Waals surface area contributed by atoms with Gasteiger partial charge in [0, 0.05) is 6.04 Å². The molecule has 0 aromatic rings. The molecule has 1 aliphatic carbocycles. The van der Waals surface area contributed by atoms with E-state index in [9.17, 15) is 4.79 Å². The van der Waals surface area contributed by atoms with Crippen LogP contribution in [-0.2, 0) is 9.53 Å². The first-order chi connectivity index (χ1) is 8.11. The Kier molecular flexibility index (Phi) is 5.96. The normalized spacial score (nSPS) is 28.3. The van der Waals surface area contributed by atoms with Gasteiger partial charge in [-0.2, -0.15) is 0 Å². The molecule has 0 aromatic carbocycles. The molecule has 0 aromatic heterocycles. The van der Waals surface area contributed by atoms with Crippen LogP contribution >= 0.6 is 0 Å². The Hall–Kier alpha value is -0.570. The molecule has 0 saturated heterocycles. The highest BCUT2D eigenvalue weighted by Gasteiger charge is 2.44. The molecule has 17 heavy (non-hydrogen) atoms. The van der Waals surface area contributed by atoms with E-state index in [0.717, 1.165) is 32.1 Å². The molecule has 1 rings (SSSR count). The van der Waals surface area contributed by atoms with Crippen molar-refractivity contribution in [1.82, 2.24) is 0 Å². The van der Waals surface area contributed by atoms with Crippen LogP contribution in [0.15, 0.2) is 0 Å². The van der Waals surface area contributed by atoms with Gasteiger partial charge in [0.2, 0.25) is 0 Å². The van der Waals surface area contributed by atoms with Crippen LogP contribution in [0.2, 0.25) is 0 Å². The maximum Gasteiger partial charge on any atom is 0.313 e. The van der Waals surface area contributed by atoms with Gasteiger partial charge in [0.25, 0.3) is 0 Å². The van der Waals surface area contributed by atoms with Crippen molar-refractivity contribution in [2.75, 3.05) is 6.61 Å². The summed E-state index contributed by atoms with van der Waals surface area (Å²) in [7, 11) is 0. The molecule has 1 fully saturated rings. The van der Waals surface area contributed by atoms with Crippen LogP contribution in [0.4, 0.5) is 0 Å². The lowest BCUT2D eigenvalue weighted by Gasteiger charge is -2.26. The number of esters is 1. The Morgan fingerprint density at radius 1 is 1.35 bits per heavy atom. The summed E-state index contributed by atoms with van der Waals surface area (Å²) >= 11 is 0. The lowest BCUT2D eigenvalue weighted by molar-refractivity contribution is -0.155. The molecule has 1 saturated carbocycles. The molecule has 0 radical (unpaired) electrons. The Morgan fingerprint density at radius 3 is 2.65 bits per heavy atom. The van der Waals surface area contributed by atoms with Crippen molar-refractivity contribution < 1.29 is 9.53 Å². The maximum absolute atomic E-state index is 12.0. The quantitative estimate of drug-likeness (QED) is 0.550. The standard InChI is InChI=1S/C14H27NO2/c1-3-4-5-6-7-11-17-13(16)14(2)10-8-9-12(14)15/h12H,3-11,15H2,1-2H3. The number of hydrogen-bond donors (Lipinski definition) is 1. The topological polar surface area (TPSA) is 52.3 Å². The third-order valence-corrected chi connectivity index (χ3v) is 3.98. The van der Waals surface area contributed by atoms with Crippen molar-refractivity contribution in [3.8, 4) is 0 Å². The number of carbonyl (C=O) groups is 1. The number of rotatable bonds is 7. The minimum absolute atomic E-state index is 0.0184. The van der Waals surface area contributed by atoms with Crippen LogP contribution in [-0.4, -0.2) is 18.6 Å². The summed E-state index contributed by atoms with van der Waals surface area (Å²) in [6.45, 7) is 4.71. The van der Waals surface area contributed by atoms with Gasteiger partial charge in [-0.1, -0.05) is 39.0 Å². The van der Waals surface area contributed by atoms with Crippen molar-refractivity contribution >= 4 is 5.97 Å². The van der Waals surface area contributed by atoms with E-state index in [1.807, 2.05) is 6.92 Å². The number of nitrogens with two attached hydrogens (primary N) is 1. The van der Waals surface area contributed by atoms with E-state index in [1.54, 1.807) is 0 Å². The van der Waals surface area contributed by atoms with Gasteiger partial charge in [0.15, 0.2) is 0 Å². The first-order valence-corrected chi connectivity index (χ1v) is 7.04. The van der Waals surface area contributed by atoms with Gasteiger partial charge in [-0.15, -0.1) is 0 Å². The largest absolute Gasteiger partial charge is 0.465 e. The zero-order valence-corrected chi connectivity index (χ0v) is 11.3. The highest BCUT2D eigenvalue weighted by molar-refractivity contribution is 5.77.